The largest absolute Gasteiger partial charge is 0.480 e. The van der Waals surface area contributed by atoms with E-state index in [0.717, 1.165) is 14.9 Å². The molecule has 0 radical (unpaired) electrons. The molecule has 0 aromatic carbocycles. The molecule has 0 amide bonds. The average Bonchev–Trinajstić information content (AvgIpc) is 2.92. The van der Waals surface area contributed by atoms with Crippen molar-refractivity contribution >= 4 is 39.0 Å². The van der Waals surface area contributed by atoms with Crippen LogP contribution in [0.4, 0.5) is 5.95 Å². The van der Waals surface area contributed by atoms with Crippen LogP contribution in [0.1, 0.15) is 0 Å². The van der Waals surface area contributed by atoms with Crippen molar-refractivity contribution in [1.29, 1.82) is 0 Å². The third-order valence-electron chi connectivity index (χ3n) is 2.81. The van der Waals surface area contributed by atoms with E-state index in [9.17, 15) is 9.59 Å². The molecule has 0 bridgehead atoms. The molecular formula is C11H10N4O3S. The van der Waals surface area contributed by atoms with Gasteiger partial charge in [0.1, 0.15) is 12.1 Å². The molecule has 0 aliphatic carbocycles. The molecule has 3 aromatic heterocycles. The number of aromatic nitrogens is 3. The molecule has 0 aliphatic rings. The van der Waals surface area contributed by atoms with E-state index in [2.05, 4.69) is 10.4 Å². The lowest BCUT2D eigenvalue weighted by Crippen LogP contribution is -2.29. The molecule has 8 heteroatoms. The summed E-state index contributed by atoms with van der Waals surface area (Å²) in [4.78, 5) is 22.9. The zero-order valence-electron chi connectivity index (χ0n) is 9.95. The summed E-state index contributed by atoms with van der Waals surface area (Å²) in [7, 11) is 1.68. The molecular weight excluding hydrogens is 268 g/mol. The smallest absolute Gasteiger partial charge is 0.325 e. The van der Waals surface area contributed by atoms with Crippen LogP contribution in [0.3, 0.4) is 0 Å². The Balaban J connectivity index is 2.42. The molecule has 0 aliphatic heterocycles. The molecule has 0 saturated heterocycles. The highest BCUT2D eigenvalue weighted by Crippen LogP contribution is 2.25. The first-order valence-electron chi connectivity index (χ1n) is 5.51. The minimum absolute atomic E-state index is 0.412. The fourth-order valence-electron chi connectivity index (χ4n) is 2.04. The summed E-state index contributed by atoms with van der Waals surface area (Å²) in [6.45, 7) is -0.456. The Bertz CT molecular complexity index is 845. The number of anilines is 1. The topological polar surface area (TPSA) is 88.6 Å². The Morgan fingerprint density at radius 1 is 1.53 bits per heavy atom. The zero-order valence-corrected chi connectivity index (χ0v) is 10.8. The number of carbonyl (C=O) groups is 1. The van der Waals surface area contributed by atoms with E-state index in [4.69, 9.17) is 5.11 Å². The minimum Gasteiger partial charge on any atom is -0.480 e. The summed E-state index contributed by atoms with van der Waals surface area (Å²) in [5.74, 6) is -0.668. The first-order chi connectivity index (χ1) is 9.11. The summed E-state index contributed by atoms with van der Waals surface area (Å²) in [5.41, 5.74) is 0.892. The van der Waals surface area contributed by atoms with Crippen LogP contribution in [0.25, 0.3) is 15.7 Å². The van der Waals surface area contributed by atoms with E-state index in [0.29, 0.717) is 11.5 Å². The molecule has 0 saturated carbocycles. The maximum absolute atomic E-state index is 12.2. The second-order valence-corrected chi connectivity index (χ2v) is 4.91. The molecule has 0 spiro atoms. The first-order valence-corrected chi connectivity index (χ1v) is 6.39. The van der Waals surface area contributed by atoms with Crippen LogP contribution in [-0.2, 0) is 11.3 Å². The lowest BCUT2D eigenvalue weighted by molar-refractivity contribution is -0.137. The summed E-state index contributed by atoms with van der Waals surface area (Å²) in [6, 6.07) is 3.65. The monoisotopic (exact) mass is 278 g/mol. The lowest BCUT2D eigenvalue weighted by Gasteiger charge is -2.08. The fraction of sp³-hybridized carbons (Fsp3) is 0.182. The van der Waals surface area contributed by atoms with Gasteiger partial charge in [-0.1, -0.05) is 0 Å². The third-order valence-corrected chi connectivity index (χ3v) is 3.67. The van der Waals surface area contributed by atoms with Gasteiger partial charge >= 0.3 is 5.97 Å². The quantitative estimate of drug-likeness (QED) is 0.741. The molecule has 19 heavy (non-hydrogen) atoms. The lowest BCUT2D eigenvalue weighted by atomic mass is 10.5. The number of fused-ring (bicyclic) bond motifs is 3. The number of thiophene rings is 1. The van der Waals surface area contributed by atoms with Crippen LogP contribution in [0.15, 0.2) is 22.3 Å². The average molecular weight is 278 g/mol. The van der Waals surface area contributed by atoms with Gasteiger partial charge in [0, 0.05) is 7.05 Å². The number of carboxylic acid groups (broad SMARTS) is 1. The van der Waals surface area contributed by atoms with E-state index in [1.54, 1.807) is 17.5 Å². The van der Waals surface area contributed by atoms with Crippen molar-refractivity contribution < 1.29 is 9.90 Å². The maximum Gasteiger partial charge on any atom is 0.325 e. The van der Waals surface area contributed by atoms with Crippen LogP contribution in [0, 0.1) is 0 Å². The minimum atomic E-state index is -1.10. The molecule has 98 valence electrons. The number of aliphatic carboxylic acids is 1. The Hall–Kier alpha value is -2.35. The van der Waals surface area contributed by atoms with Gasteiger partial charge in [-0.3, -0.25) is 14.0 Å². The van der Waals surface area contributed by atoms with Crippen LogP contribution < -0.4 is 10.9 Å². The van der Waals surface area contributed by atoms with Crippen molar-refractivity contribution in [2.24, 2.45) is 0 Å². The third kappa shape index (κ3) is 1.68. The van der Waals surface area contributed by atoms with Crippen molar-refractivity contribution in [3.8, 4) is 0 Å². The van der Waals surface area contributed by atoms with Gasteiger partial charge in [-0.15, -0.1) is 16.4 Å². The van der Waals surface area contributed by atoms with Gasteiger partial charge in [0.05, 0.1) is 10.2 Å². The van der Waals surface area contributed by atoms with Gasteiger partial charge in [-0.25, -0.2) is 4.68 Å². The normalized spacial score (nSPS) is 11.2. The van der Waals surface area contributed by atoms with Gasteiger partial charge < -0.3 is 10.4 Å². The number of hydrogen-bond donors (Lipinski definition) is 2. The van der Waals surface area contributed by atoms with E-state index in [1.165, 1.54) is 11.3 Å². The van der Waals surface area contributed by atoms with Crippen LogP contribution >= 0.6 is 11.3 Å². The van der Waals surface area contributed by atoms with Crippen LogP contribution in [0.2, 0.25) is 0 Å². The predicted octanol–water partition coefficient (Wildman–Crippen LogP) is 0.837. The van der Waals surface area contributed by atoms with E-state index in [1.807, 2.05) is 11.4 Å². The number of nitrogens with zero attached hydrogens (tertiary/aromatic N) is 3. The number of rotatable bonds is 3. The van der Waals surface area contributed by atoms with Gasteiger partial charge in [0.15, 0.2) is 0 Å². The standard InChI is InChI=1S/C11H10N4O3S/c1-12-11-13-14(5-9(16)17)10(18)7-4-8-6(15(7)11)2-3-19-8/h2-4H,5H2,1H3,(H,12,13)(H,16,17). The predicted molar refractivity (Wildman–Crippen MR) is 72.0 cm³/mol. The van der Waals surface area contributed by atoms with Crippen molar-refractivity contribution in [2.45, 2.75) is 6.54 Å². The first kappa shape index (κ1) is 11.7. The van der Waals surface area contributed by atoms with Crippen LogP contribution in [-0.4, -0.2) is 32.3 Å². The number of nitrogens with one attached hydrogen (secondary N) is 1. The molecule has 0 fully saturated rings. The van der Waals surface area contributed by atoms with Crippen molar-refractivity contribution in [3.63, 3.8) is 0 Å². The van der Waals surface area contributed by atoms with Gasteiger partial charge in [-0.05, 0) is 17.5 Å². The van der Waals surface area contributed by atoms with E-state index >= 15 is 0 Å². The highest BCUT2D eigenvalue weighted by atomic mass is 32.1. The summed E-state index contributed by atoms with van der Waals surface area (Å²) < 4.78 is 3.61. The second-order valence-electron chi connectivity index (χ2n) is 3.97. The van der Waals surface area contributed by atoms with Gasteiger partial charge in [-0.2, -0.15) is 0 Å². The van der Waals surface area contributed by atoms with Crippen molar-refractivity contribution in [2.75, 3.05) is 12.4 Å². The zero-order chi connectivity index (χ0) is 13.6. The van der Waals surface area contributed by atoms with E-state index < -0.39 is 18.1 Å². The van der Waals surface area contributed by atoms with Crippen LogP contribution in [0.5, 0.6) is 0 Å². The van der Waals surface area contributed by atoms with E-state index in [-0.39, 0.29) is 0 Å². The molecule has 0 atom stereocenters. The van der Waals surface area contributed by atoms with Gasteiger partial charge in [0.25, 0.3) is 5.56 Å². The summed E-state index contributed by atoms with van der Waals surface area (Å²) in [6.07, 6.45) is 0. The fourth-order valence-corrected chi connectivity index (χ4v) is 2.85. The molecule has 3 rings (SSSR count). The van der Waals surface area contributed by atoms with Crippen molar-refractivity contribution in [1.82, 2.24) is 14.2 Å². The molecule has 7 nitrogen and oxygen atoms in total. The van der Waals surface area contributed by atoms with Gasteiger partial charge in [0.2, 0.25) is 5.95 Å². The summed E-state index contributed by atoms with van der Waals surface area (Å²) >= 11 is 1.52. The van der Waals surface area contributed by atoms with Crippen molar-refractivity contribution in [3.05, 3.63) is 27.9 Å². The molecule has 2 N–H and O–H groups in total. The Labute approximate surface area is 110 Å². The molecule has 0 unspecified atom stereocenters. The Kier molecular flexibility index (Phi) is 2.53. The Morgan fingerprint density at radius 3 is 3.00 bits per heavy atom. The molecule has 3 aromatic rings. The number of hydrogen-bond acceptors (Lipinski definition) is 5. The Morgan fingerprint density at radius 2 is 2.32 bits per heavy atom. The highest BCUT2D eigenvalue weighted by molar-refractivity contribution is 7.17. The second kappa shape index (κ2) is 4.09. The maximum atomic E-state index is 12.2. The summed E-state index contributed by atoms with van der Waals surface area (Å²) in [5, 5.41) is 17.7. The highest BCUT2D eigenvalue weighted by Gasteiger charge is 2.15. The SMILES string of the molecule is CNc1nn(CC(=O)O)c(=O)c2cc3sccc3n12. The number of carboxylic acids is 1. The molecule has 3 heterocycles.